The average Bonchev–Trinajstić information content (AvgIpc) is 2.78. The van der Waals surface area contributed by atoms with E-state index in [0.717, 1.165) is 19.4 Å². The Bertz CT molecular complexity index is 304. The van der Waals surface area contributed by atoms with Crippen LogP contribution in [0.1, 0.15) is 12.8 Å². The number of fused-ring (bicyclic) bond motifs is 2. The van der Waals surface area contributed by atoms with Crippen molar-refractivity contribution in [2.75, 3.05) is 24.7 Å². The summed E-state index contributed by atoms with van der Waals surface area (Å²) >= 11 is 0. The summed E-state index contributed by atoms with van der Waals surface area (Å²) in [6, 6.07) is 0.145. The summed E-state index contributed by atoms with van der Waals surface area (Å²) in [7, 11) is -1.93. The van der Waals surface area contributed by atoms with Crippen LogP contribution < -0.4 is 0 Å². The van der Waals surface area contributed by atoms with Crippen molar-refractivity contribution < 1.29 is 13.3 Å². The summed E-state index contributed by atoms with van der Waals surface area (Å²) in [5.74, 6) is 1.17. The molecule has 0 aromatic heterocycles. The minimum atomic E-state index is -0.964. The molecule has 3 rings (SSSR count). The van der Waals surface area contributed by atoms with E-state index in [9.17, 15) is 8.42 Å². The van der Waals surface area contributed by atoms with Gasteiger partial charge in [0, 0.05) is 39.6 Å². The Hall–Kier alpha value is 0.220. The Morgan fingerprint density at radius 2 is 2.00 bits per heavy atom. The van der Waals surface area contributed by atoms with E-state index >= 15 is 0 Å². The van der Waals surface area contributed by atoms with Gasteiger partial charge in [0.2, 0.25) is 0 Å². The molecule has 1 spiro atoms. The van der Waals surface area contributed by atoms with Gasteiger partial charge in [0.15, 0.2) is 4.08 Å². The largest absolute Gasteiger partial charge is 0.296 e. The Balaban J connectivity index is 2.02. The Kier molecular flexibility index (Phi) is 2.09. The van der Waals surface area contributed by atoms with E-state index in [0.29, 0.717) is 18.1 Å². The lowest BCUT2D eigenvalue weighted by atomic mass is 10.2. The summed E-state index contributed by atoms with van der Waals surface area (Å²) in [6.45, 7) is 1.30. The molecule has 3 saturated heterocycles. The predicted molar refractivity (Wildman–Crippen MR) is 54.4 cm³/mol. The SMILES string of the molecule is O=[S@@]1CC[S@@](=O)C12CON1CCC[C@@H]12. The normalized spacial score (nSPS) is 46.1. The highest BCUT2D eigenvalue weighted by molar-refractivity contribution is 8.07. The minimum absolute atomic E-state index is 0.145. The van der Waals surface area contributed by atoms with Crippen LogP contribution in [-0.4, -0.2) is 48.3 Å². The van der Waals surface area contributed by atoms with E-state index in [1.54, 1.807) is 0 Å². The van der Waals surface area contributed by atoms with E-state index in [1.807, 2.05) is 5.06 Å². The molecular formula is C8H13NO3S2. The molecule has 3 atom stereocenters. The van der Waals surface area contributed by atoms with Gasteiger partial charge in [0.25, 0.3) is 0 Å². The van der Waals surface area contributed by atoms with Gasteiger partial charge in [-0.25, -0.2) is 0 Å². The molecule has 80 valence electrons. The van der Waals surface area contributed by atoms with E-state index in [-0.39, 0.29) is 6.04 Å². The first kappa shape index (κ1) is 9.45. The molecule has 3 aliphatic rings. The van der Waals surface area contributed by atoms with Crippen LogP contribution in [0.5, 0.6) is 0 Å². The standard InChI is InChI=1S/C8H13NO3S2/c10-13-4-5-14(11)8(13)6-12-9-3-1-2-7(8)9/h7H,1-6H2/t7-,13-,14-/m1/s1. The molecule has 3 aliphatic heterocycles. The average molecular weight is 235 g/mol. The highest BCUT2D eigenvalue weighted by atomic mass is 32.3. The fourth-order valence-electron chi connectivity index (χ4n) is 2.64. The first-order valence-corrected chi connectivity index (χ1v) is 7.55. The summed E-state index contributed by atoms with van der Waals surface area (Å²) < 4.78 is 23.4. The van der Waals surface area contributed by atoms with Crippen LogP contribution >= 0.6 is 0 Å². The molecule has 3 fully saturated rings. The molecule has 0 aromatic rings. The molecule has 0 aliphatic carbocycles. The van der Waals surface area contributed by atoms with Crippen molar-refractivity contribution in [1.29, 1.82) is 0 Å². The highest BCUT2D eigenvalue weighted by Gasteiger charge is 2.61. The summed E-state index contributed by atoms with van der Waals surface area (Å²) in [5.41, 5.74) is 0. The second-order valence-corrected chi connectivity index (χ2v) is 7.90. The number of hydrogen-bond acceptors (Lipinski definition) is 4. The van der Waals surface area contributed by atoms with Gasteiger partial charge in [0.1, 0.15) is 0 Å². The molecule has 6 heteroatoms. The molecule has 0 amide bonds. The van der Waals surface area contributed by atoms with Crippen molar-refractivity contribution in [2.45, 2.75) is 23.0 Å². The number of hydrogen-bond donors (Lipinski definition) is 0. The van der Waals surface area contributed by atoms with E-state index in [2.05, 4.69) is 0 Å². The fraction of sp³-hybridized carbons (Fsp3) is 1.00. The van der Waals surface area contributed by atoms with E-state index in [4.69, 9.17) is 4.84 Å². The molecule has 0 saturated carbocycles. The maximum absolute atomic E-state index is 12.0. The van der Waals surface area contributed by atoms with Gasteiger partial charge in [-0.3, -0.25) is 13.3 Å². The molecular weight excluding hydrogens is 222 g/mol. The zero-order valence-corrected chi connectivity index (χ0v) is 9.44. The van der Waals surface area contributed by atoms with E-state index < -0.39 is 25.7 Å². The molecule has 0 N–H and O–H groups in total. The fourth-order valence-corrected chi connectivity index (χ4v) is 7.32. The minimum Gasteiger partial charge on any atom is -0.296 e. The van der Waals surface area contributed by atoms with Crippen molar-refractivity contribution in [3.05, 3.63) is 0 Å². The Labute approximate surface area is 87.9 Å². The van der Waals surface area contributed by atoms with Crippen LogP contribution in [0, 0.1) is 0 Å². The first-order valence-electron chi connectivity index (χ1n) is 4.92. The maximum Gasteiger partial charge on any atom is 0.163 e. The second-order valence-electron chi connectivity index (χ2n) is 3.98. The topological polar surface area (TPSA) is 46.6 Å². The van der Waals surface area contributed by atoms with Crippen molar-refractivity contribution >= 4 is 21.6 Å². The third kappa shape index (κ3) is 1.00. The predicted octanol–water partition coefficient (Wildman–Crippen LogP) is -0.397. The van der Waals surface area contributed by atoms with Crippen molar-refractivity contribution in [3.63, 3.8) is 0 Å². The lowest BCUT2D eigenvalue weighted by molar-refractivity contribution is -0.113. The van der Waals surface area contributed by atoms with Gasteiger partial charge < -0.3 is 0 Å². The quantitative estimate of drug-likeness (QED) is 0.573. The monoisotopic (exact) mass is 235 g/mol. The van der Waals surface area contributed by atoms with Gasteiger partial charge in [-0.05, 0) is 12.8 Å². The van der Waals surface area contributed by atoms with Gasteiger partial charge in [-0.2, -0.15) is 5.06 Å². The highest BCUT2D eigenvalue weighted by Crippen LogP contribution is 2.43. The summed E-state index contributed by atoms with van der Waals surface area (Å²) in [6.07, 6.45) is 2.05. The zero-order valence-electron chi connectivity index (χ0n) is 7.81. The van der Waals surface area contributed by atoms with Crippen LogP contribution in [-0.2, 0) is 26.4 Å². The smallest absolute Gasteiger partial charge is 0.163 e. The molecule has 0 aromatic carbocycles. The van der Waals surface area contributed by atoms with Crippen LogP contribution in [0.4, 0.5) is 0 Å². The van der Waals surface area contributed by atoms with Gasteiger partial charge >= 0.3 is 0 Å². The summed E-state index contributed by atoms with van der Waals surface area (Å²) in [4.78, 5) is 5.50. The first-order chi connectivity index (χ1) is 6.75. The van der Waals surface area contributed by atoms with Gasteiger partial charge in [0.05, 0.1) is 12.6 Å². The zero-order chi connectivity index (χ0) is 9.76. The van der Waals surface area contributed by atoms with E-state index in [1.165, 1.54) is 0 Å². The molecule has 0 bridgehead atoms. The molecule has 3 heterocycles. The third-order valence-electron chi connectivity index (χ3n) is 3.37. The summed E-state index contributed by atoms with van der Waals surface area (Å²) in [5, 5.41) is 1.90. The molecule has 4 nitrogen and oxygen atoms in total. The van der Waals surface area contributed by atoms with Crippen molar-refractivity contribution in [1.82, 2.24) is 5.06 Å². The van der Waals surface area contributed by atoms with Crippen LogP contribution in [0.2, 0.25) is 0 Å². The second kappa shape index (κ2) is 3.10. The van der Waals surface area contributed by atoms with Crippen LogP contribution in [0.3, 0.4) is 0 Å². The lowest BCUT2D eigenvalue weighted by Crippen LogP contribution is -2.47. The molecule has 14 heavy (non-hydrogen) atoms. The number of rotatable bonds is 0. The number of hydroxylamine groups is 2. The van der Waals surface area contributed by atoms with Crippen LogP contribution in [0.15, 0.2) is 0 Å². The van der Waals surface area contributed by atoms with Crippen molar-refractivity contribution in [3.8, 4) is 0 Å². The van der Waals surface area contributed by atoms with Crippen LogP contribution in [0.25, 0.3) is 0 Å². The van der Waals surface area contributed by atoms with Gasteiger partial charge in [-0.15, -0.1) is 0 Å². The lowest BCUT2D eigenvalue weighted by Gasteiger charge is -2.24. The Morgan fingerprint density at radius 3 is 2.71 bits per heavy atom. The molecule has 0 unspecified atom stereocenters. The van der Waals surface area contributed by atoms with Crippen molar-refractivity contribution in [2.24, 2.45) is 0 Å². The maximum atomic E-state index is 12.0. The Morgan fingerprint density at radius 1 is 1.29 bits per heavy atom. The molecule has 0 radical (unpaired) electrons. The number of nitrogens with zero attached hydrogens (tertiary/aromatic N) is 1. The third-order valence-corrected chi connectivity index (χ3v) is 8.21. The van der Waals surface area contributed by atoms with Gasteiger partial charge in [-0.1, -0.05) is 0 Å².